The molecule has 0 bridgehead atoms. The monoisotopic (exact) mass is 335 g/mol. The van der Waals surface area contributed by atoms with Crippen LogP contribution in [0.15, 0.2) is 36.4 Å². The van der Waals surface area contributed by atoms with E-state index in [1.165, 1.54) is 24.3 Å². The summed E-state index contributed by atoms with van der Waals surface area (Å²) >= 11 is 5.70. The van der Waals surface area contributed by atoms with E-state index in [0.717, 1.165) is 12.1 Å². The number of nitro benzene ring substituents is 2. The van der Waals surface area contributed by atoms with Crippen LogP contribution in [0, 0.1) is 27.2 Å². The number of hydrogen-bond donors (Lipinski definition) is 1. The summed E-state index contributed by atoms with van der Waals surface area (Å²) in [4.78, 5) is 32.8. The molecule has 1 N–H and O–H groups in total. The van der Waals surface area contributed by atoms with Crippen molar-refractivity contribution in [2.24, 2.45) is 0 Å². The summed E-state index contributed by atoms with van der Waals surface area (Å²) in [5.41, 5.74) is -0.195. The van der Waals surface area contributed by atoms with Crippen LogP contribution < -0.4 is 5.32 Å². The molecule has 1 amide bonds. The molecule has 2 rings (SSSR count). The van der Waals surface area contributed by atoms with Crippen molar-refractivity contribution in [3.63, 3.8) is 0 Å². The first-order chi connectivity index (χ1) is 10.8. The summed E-state index contributed by atoms with van der Waals surface area (Å²) in [6, 6.07) is 7.74. The summed E-state index contributed by atoms with van der Waals surface area (Å²) in [6.45, 7) is 1.55. The Morgan fingerprint density at radius 2 is 1.70 bits per heavy atom. The highest BCUT2D eigenvalue weighted by Crippen LogP contribution is 2.28. The van der Waals surface area contributed by atoms with Crippen LogP contribution in [0.1, 0.15) is 15.9 Å². The number of aryl methyl sites for hydroxylation is 1. The molecule has 0 saturated carbocycles. The second-order valence-electron chi connectivity index (χ2n) is 4.63. The molecule has 118 valence electrons. The zero-order valence-electron chi connectivity index (χ0n) is 11.8. The topological polar surface area (TPSA) is 115 Å². The average Bonchev–Trinajstić information content (AvgIpc) is 2.48. The molecule has 8 nitrogen and oxygen atoms in total. The molecule has 23 heavy (non-hydrogen) atoms. The summed E-state index contributed by atoms with van der Waals surface area (Å²) in [6.07, 6.45) is 0. The Bertz CT molecular complexity index is 822. The number of nitro groups is 2. The Morgan fingerprint density at radius 1 is 1.04 bits per heavy atom. The molecule has 9 heteroatoms. The van der Waals surface area contributed by atoms with Crippen LogP contribution in [0.5, 0.6) is 0 Å². The minimum absolute atomic E-state index is 0.0200. The standard InChI is InChI=1S/C14H10ClN3O5/c1-8-2-3-9(6-12(8)17(20)21)14(19)16-11-5-4-10(15)7-13(11)18(22)23/h2-7H,1H3,(H,16,19). The van der Waals surface area contributed by atoms with E-state index in [1.54, 1.807) is 6.92 Å². The fourth-order valence-electron chi connectivity index (χ4n) is 1.90. The number of amides is 1. The third-order valence-corrected chi connectivity index (χ3v) is 3.31. The molecule has 0 aromatic heterocycles. The molecule has 0 spiro atoms. The van der Waals surface area contributed by atoms with Gasteiger partial charge in [0.2, 0.25) is 0 Å². The maximum absolute atomic E-state index is 12.2. The van der Waals surface area contributed by atoms with Gasteiger partial charge in [-0.25, -0.2) is 0 Å². The normalized spacial score (nSPS) is 10.2. The van der Waals surface area contributed by atoms with Crippen LogP contribution in [0.3, 0.4) is 0 Å². The van der Waals surface area contributed by atoms with Gasteiger partial charge >= 0.3 is 0 Å². The largest absolute Gasteiger partial charge is 0.316 e. The van der Waals surface area contributed by atoms with Crippen molar-refractivity contribution < 1.29 is 14.6 Å². The summed E-state index contributed by atoms with van der Waals surface area (Å²) in [5, 5.41) is 24.4. The SMILES string of the molecule is Cc1ccc(C(=O)Nc2ccc(Cl)cc2[N+](=O)[O-])cc1[N+](=O)[O-]. The lowest BCUT2D eigenvalue weighted by molar-refractivity contribution is -0.385. The number of benzene rings is 2. The fourth-order valence-corrected chi connectivity index (χ4v) is 2.07. The van der Waals surface area contributed by atoms with Gasteiger partial charge in [-0.15, -0.1) is 0 Å². The van der Waals surface area contributed by atoms with Gasteiger partial charge in [0.1, 0.15) is 5.69 Å². The Labute approximate surface area is 135 Å². The Balaban J connectivity index is 2.35. The fraction of sp³-hybridized carbons (Fsp3) is 0.0714. The van der Waals surface area contributed by atoms with E-state index in [9.17, 15) is 25.0 Å². The molecule has 0 aliphatic carbocycles. The first-order valence-corrected chi connectivity index (χ1v) is 6.67. The van der Waals surface area contributed by atoms with E-state index in [-0.39, 0.29) is 27.6 Å². The Hall–Kier alpha value is -3.00. The lowest BCUT2D eigenvalue weighted by Gasteiger charge is -2.07. The zero-order valence-corrected chi connectivity index (χ0v) is 12.5. The highest BCUT2D eigenvalue weighted by Gasteiger charge is 2.19. The second-order valence-corrected chi connectivity index (χ2v) is 5.07. The van der Waals surface area contributed by atoms with Crippen molar-refractivity contribution in [2.45, 2.75) is 6.92 Å². The second kappa shape index (κ2) is 6.41. The third kappa shape index (κ3) is 3.61. The predicted molar refractivity (Wildman–Crippen MR) is 83.9 cm³/mol. The Kier molecular flexibility index (Phi) is 4.56. The maximum atomic E-state index is 12.2. The average molecular weight is 336 g/mol. The van der Waals surface area contributed by atoms with Crippen molar-refractivity contribution in [1.29, 1.82) is 0 Å². The molecule has 2 aromatic rings. The van der Waals surface area contributed by atoms with E-state index in [4.69, 9.17) is 11.6 Å². The lowest BCUT2D eigenvalue weighted by atomic mass is 10.1. The number of hydrogen-bond acceptors (Lipinski definition) is 5. The number of nitrogens with zero attached hydrogens (tertiary/aromatic N) is 2. The molecule has 0 unspecified atom stereocenters. The van der Waals surface area contributed by atoms with Crippen molar-refractivity contribution in [2.75, 3.05) is 5.32 Å². The minimum Gasteiger partial charge on any atom is -0.316 e. The molecule has 0 saturated heterocycles. The van der Waals surface area contributed by atoms with E-state index >= 15 is 0 Å². The number of rotatable bonds is 4. The van der Waals surface area contributed by atoms with Crippen LogP contribution in [0.4, 0.5) is 17.1 Å². The highest BCUT2D eigenvalue weighted by atomic mass is 35.5. The molecule has 2 aromatic carbocycles. The van der Waals surface area contributed by atoms with Gasteiger partial charge in [-0.3, -0.25) is 25.0 Å². The summed E-state index contributed by atoms with van der Waals surface area (Å²) in [7, 11) is 0. The quantitative estimate of drug-likeness (QED) is 0.675. The van der Waals surface area contributed by atoms with E-state index in [0.29, 0.717) is 5.56 Å². The summed E-state index contributed by atoms with van der Waals surface area (Å²) < 4.78 is 0. The van der Waals surface area contributed by atoms with Gasteiger partial charge < -0.3 is 5.32 Å². The van der Waals surface area contributed by atoms with Crippen LogP contribution in [0.2, 0.25) is 5.02 Å². The lowest BCUT2D eigenvalue weighted by Crippen LogP contribution is -2.13. The smallest absolute Gasteiger partial charge is 0.294 e. The van der Waals surface area contributed by atoms with Gasteiger partial charge in [0.15, 0.2) is 0 Å². The molecular formula is C14H10ClN3O5. The van der Waals surface area contributed by atoms with Gasteiger partial charge in [0.25, 0.3) is 17.3 Å². The first kappa shape index (κ1) is 16.4. The number of carbonyl (C=O) groups is 1. The third-order valence-electron chi connectivity index (χ3n) is 3.07. The highest BCUT2D eigenvalue weighted by molar-refractivity contribution is 6.31. The van der Waals surface area contributed by atoms with Gasteiger partial charge in [-0.05, 0) is 25.1 Å². The van der Waals surface area contributed by atoms with Crippen molar-refractivity contribution in [3.05, 3.63) is 72.8 Å². The number of anilines is 1. The molecule has 0 fully saturated rings. The van der Waals surface area contributed by atoms with Crippen molar-refractivity contribution in [3.8, 4) is 0 Å². The minimum atomic E-state index is -0.696. The van der Waals surface area contributed by atoms with E-state index in [2.05, 4.69) is 5.32 Å². The number of nitrogens with one attached hydrogen (secondary N) is 1. The molecule has 0 radical (unpaired) electrons. The molecule has 0 atom stereocenters. The van der Waals surface area contributed by atoms with Gasteiger partial charge in [-0.1, -0.05) is 17.7 Å². The molecule has 0 aliphatic rings. The molecule has 0 aliphatic heterocycles. The number of carbonyl (C=O) groups excluding carboxylic acids is 1. The Morgan fingerprint density at radius 3 is 2.30 bits per heavy atom. The van der Waals surface area contributed by atoms with Gasteiger partial charge in [-0.2, -0.15) is 0 Å². The van der Waals surface area contributed by atoms with Gasteiger partial charge in [0, 0.05) is 28.3 Å². The maximum Gasteiger partial charge on any atom is 0.294 e. The first-order valence-electron chi connectivity index (χ1n) is 6.30. The molecular weight excluding hydrogens is 326 g/mol. The zero-order chi connectivity index (χ0) is 17.1. The van der Waals surface area contributed by atoms with Crippen LogP contribution in [0.25, 0.3) is 0 Å². The molecule has 0 heterocycles. The van der Waals surface area contributed by atoms with Crippen LogP contribution in [-0.2, 0) is 0 Å². The predicted octanol–water partition coefficient (Wildman–Crippen LogP) is 3.72. The van der Waals surface area contributed by atoms with Crippen molar-refractivity contribution in [1.82, 2.24) is 0 Å². The summed E-state index contributed by atoms with van der Waals surface area (Å²) in [5.74, 6) is -0.696. The van der Waals surface area contributed by atoms with E-state index < -0.39 is 15.8 Å². The van der Waals surface area contributed by atoms with Gasteiger partial charge in [0.05, 0.1) is 9.85 Å². The van der Waals surface area contributed by atoms with Crippen LogP contribution in [-0.4, -0.2) is 15.8 Å². The van der Waals surface area contributed by atoms with Crippen LogP contribution >= 0.6 is 11.6 Å². The van der Waals surface area contributed by atoms with Crippen molar-refractivity contribution >= 4 is 34.6 Å². The van der Waals surface area contributed by atoms with E-state index in [1.807, 2.05) is 0 Å². The number of halogens is 1.